The lowest BCUT2D eigenvalue weighted by Gasteiger charge is -2.34. The lowest BCUT2D eigenvalue weighted by atomic mass is 9.67. The summed E-state index contributed by atoms with van der Waals surface area (Å²) in [6.07, 6.45) is 0. The standard InChI is InChI=1S/C55H34N2O/c1-3-15-35(16-4-1)55(36-17-5-2-6-18-36)46-33-37(56-48-23-11-7-19-41(48)42-20-8-12-24-49(42)56)27-29-39(46)40-30-28-38(34-47(40)55)57-50-25-13-9-21-43(50)44-31-32-52-53(54(44)57)45-22-10-14-26-51(45)58-52/h1-34H. The zero-order valence-corrected chi connectivity index (χ0v) is 31.4. The Morgan fingerprint density at radius 2 is 0.810 bits per heavy atom. The van der Waals surface area contributed by atoms with Crippen LogP contribution in [0, 0.1) is 0 Å². The molecule has 0 unspecified atom stereocenters. The van der Waals surface area contributed by atoms with E-state index < -0.39 is 5.41 Å². The molecule has 0 fully saturated rings. The minimum Gasteiger partial charge on any atom is -0.456 e. The lowest BCUT2D eigenvalue weighted by molar-refractivity contribution is 0.669. The minimum atomic E-state index is -0.603. The lowest BCUT2D eigenvalue weighted by Crippen LogP contribution is -2.28. The smallest absolute Gasteiger partial charge is 0.137 e. The van der Waals surface area contributed by atoms with Gasteiger partial charge in [-0.25, -0.2) is 0 Å². The Bertz CT molecular complexity index is 3530. The van der Waals surface area contributed by atoms with Crippen LogP contribution in [0.4, 0.5) is 0 Å². The highest BCUT2D eigenvalue weighted by Gasteiger charge is 2.46. The zero-order valence-electron chi connectivity index (χ0n) is 31.4. The molecule has 3 aromatic heterocycles. The largest absolute Gasteiger partial charge is 0.456 e. The molecule has 270 valence electrons. The number of benzene rings is 9. The van der Waals surface area contributed by atoms with E-state index in [-0.39, 0.29) is 0 Å². The van der Waals surface area contributed by atoms with Crippen LogP contribution in [-0.4, -0.2) is 9.13 Å². The minimum absolute atomic E-state index is 0.603. The van der Waals surface area contributed by atoms with Gasteiger partial charge in [0, 0.05) is 38.3 Å². The number of hydrogen-bond donors (Lipinski definition) is 0. The van der Waals surface area contributed by atoms with Crippen LogP contribution >= 0.6 is 0 Å². The van der Waals surface area contributed by atoms with Crippen LogP contribution in [0.3, 0.4) is 0 Å². The summed E-state index contributed by atoms with van der Waals surface area (Å²) in [5.41, 5.74) is 15.7. The van der Waals surface area contributed by atoms with Gasteiger partial charge in [-0.15, -0.1) is 0 Å². The van der Waals surface area contributed by atoms with Gasteiger partial charge in [0.15, 0.2) is 0 Å². The van der Waals surface area contributed by atoms with Gasteiger partial charge in [0.1, 0.15) is 11.2 Å². The predicted molar refractivity (Wildman–Crippen MR) is 240 cm³/mol. The molecular formula is C55H34N2O. The molecule has 9 aromatic carbocycles. The maximum Gasteiger partial charge on any atom is 0.137 e. The number of hydrogen-bond acceptors (Lipinski definition) is 1. The molecule has 0 aliphatic heterocycles. The molecule has 0 atom stereocenters. The van der Waals surface area contributed by atoms with E-state index >= 15 is 0 Å². The summed E-state index contributed by atoms with van der Waals surface area (Å²) in [7, 11) is 0. The SMILES string of the molecule is c1ccc(C2(c3ccccc3)c3cc(-n4c5ccccc5c5ccccc54)ccc3-c3ccc(-n4c5ccccc5c5ccc6oc7ccccc7c6c54)cc32)cc1. The fourth-order valence-electron chi connectivity index (χ4n) is 10.5. The van der Waals surface area contributed by atoms with Gasteiger partial charge in [-0.05, 0) is 94.0 Å². The summed E-state index contributed by atoms with van der Waals surface area (Å²) < 4.78 is 11.4. The summed E-state index contributed by atoms with van der Waals surface area (Å²) in [5.74, 6) is 0. The van der Waals surface area contributed by atoms with Gasteiger partial charge in [-0.2, -0.15) is 0 Å². The summed E-state index contributed by atoms with van der Waals surface area (Å²) >= 11 is 0. The molecule has 0 saturated heterocycles. The highest BCUT2D eigenvalue weighted by Crippen LogP contribution is 2.57. The zero-order chi connectivity index (χ0) is 38.0. The third-order valence-electron chi connectivity index (χ3n) is 12.8. The maximum atomic E-state index is 6.49. The van der Waals surface area contributed by atoms with E-state index in [2.05, 4.69) is 215 Å². The summed E-state index contributed by atoms with van der Waals surface area (Å²) in [4.78, 5) is 0. The molecule has 0 bridgehead atoms. The second-order valence-corrected chi connectivity index (χ2v) is 15.6. The summed E-state index contributed by atoms with van der Waals surface area (Å²) in [5, 5.41) is 7.22. The number of nitrogens with zero attached hydrogens (tertiary/aromatic N) is 2. The Morgan fingerprint density at radius 3 is 1.40 bits per heavy atom. The van der Waals surface area contributed by atoms with E-state index in [1.807, 2.05) is 0 Å². The molecule has 0 saturated carbocycles. The first kappa shape index (κ1) is 31.6. The van der Waals surface area contributed by atoms with Crippen molar-refractivity contribution in [3.8, 4) is 22.5 Å². The second kappa shape index (κ2) is 11.7. The van der Waals surface area contributed by atoms with E-state index in [1.165, 1.54) is 71.5 Å². The van der Waals surface area contributed by atoms with Crippen molar-refractivity contribution in [2.24, 2.45) is 0 Å². The van der Waals surface area contributed by atoms with Crippen LogP contribution < -0.4 is 0 Å². The van der Waals surface area contributed by atoms with Crippen LogP contribution in [-0.2, 0) is 5.41 Å². The van der Waals surface area contributed by atoms with Crippen molar-refractivity contribution >= 4 is 65.6 Å². The summed E-state index contributed by atoms with van der Waals surface area (Å²) in [6, 6.07) is 75.7. The molecule has 0 radical (unpaired) electrons. The molecule has 1 aliphatic carbocycles. The quantitative estimate of drug-likeness (QED) is 0.176. The first-order chi connectivity index (χ1) is 28.8. The van der Waals surface area contributed by atoms with Gasteiger partial charge >= 0.3 is 0 Å². The topological polar surface area (TPSA) is 23.0 Å². The highest BCUT2D eigenvalue weighted by molar-refractivity contribution is 6.24. The predicted octanol–water partition coefficient (Wildman–Crippen LogP) is 14.1. The first-order valence-corrected chi connectivity index (χ1v) is 20.0. The van der Waals surface area contributed by atoms with Gasteiger partial charge in [0.25, 0.3) is 0 Å². The van der Waals surface area contributed by atoms with Crippen molar-refractivity contribution in [3.63, 3.8) is 0 Å². The van der Waals surface area contributed by atoms with Crippen molar-refractivity contribution in [2.45, 2.75) is 5.41 Å². The number of para-hydroxylation sites is 4. The molecule has 0 N–H and O–H groups in total. The monoisotopic (exact) mass is 738 g/mol. The van der Waals surface area contributed by atoms with E-state index in [0.29, 0.717) is 0 Å². The van der Waals surface area contributed by atoms with E-state index in [9.17, 15) is 0 Å². The van der Waals surface area contributed by atoms with Gasteiger partial charge < -0.3 is 13.6 Å². The van der Waals surface area contributed by atoms with Gasteiger partial charge in [0.05, 0.1) is 32.9 Å². The molecular weight excluding hydrogens is 705 g/mol. The molecule has 0 amide bonds. The summed E-state index contributed by atoms with van der Waals surface area (Å²) in [6.45, 7) is 0. The van der Waals surface area contributed by atoms with Crippen molar-refractivity contribution in [2.75, 3.05) is 0 Å². The van der Waals surface area contributed by atoms with E-state index in [1.54, 1.807) is 0 Å². The van der Waals surface area contributed by atoms with Crippen LogP contribution in [0.2, 0.25) is 0 Å². The Kier molecular flexibility index (Phi) is 6.37. The number of furan rings is 1. The molecule has 13 rings (SSSR count). The normalized spacial score (nSPS) is 13.3. The van der Waals surface area contributed by atoms with E-state index in [4.69, 9.17) is 4.42 Å². The van der Waals surface area contributed by atoms with Crippen molar-refractivity contribution < 1.29 is 4.42 Å². The average Bonchev–Trinajstić information content (AvgIpc) is 4.02. The highest BCUT2D eigenvalue weighted by atomic mass is 16.3. The Hall–Kier alpha value is -7.62. The van der Waals surface area contributed by atoms with Crippen molar-refractivity contribution in [3.05, 3.63) is 229 Å². The van der Waals surface area contributed by atoms with Crippen LogP contribution in [0.15, 0.2) is 211 Å². The third kappa shape index (κ3) is 4.07. The van der Waals surface area contributed by atoms with Crippen molar-refractivity contribution in [1.82, 2.24) is 9.13 Å². The van der Waals surface area contributed by atoms with Crippen LogP contribution in [0.1, 0.15) is 22.3 Å². The molecule has 58 heavy (non-hydrogen) atoms. The Labute approximate surface area is 334 Å². The Morgan fingerprint density at radius 1 is 0.345 bits per heavy atom. The second-order valence-electron chi connectivity index (χ2n) is 15.6. The van der Waals surface area contributed by atoms with Crippen LogP contribution in [0.5, 0.6) is 0 Å². The Balaban J connectivity index is 1.15. The number of fused-ring (bicyclic) bond motifs is 13. The fourth-order valence-corrected chi connectivity index (χ4v) is 10.5. The van der Waals surface area contributed by atoms with Crippen molar-refractivity contribution in [1.29, 1.82) is 0 Å². The molecule has 0 spiro atoms. The first-order valence-electron chi connectivity index (χ1n) is 20.0. The fraction of sp³-hybridized carbons (Fsp3) is 0.0182. The van der Waals surface area contributed by atoms with E-state index in [0.717, 1.165) is 38.8 Å². The molecule has 3 heteroatoms. The number of rotatable bonds is 4. The maximum absolute atomic E-state index is 6.49. The third-order valence-corrected chi connectivity index (χ3v) is 12.8. The van der Waals surface area contributed by atoms with Gasteiger partial charge in [-0.3, -0.25) is 0 Å². The average molecular weight is 739 g/mol. The van der Waals surface area contributed by atoms with Gasteiger partial charge in [0.2, 0.25) is 0 Å². The van der Waals surface area contributed by atoms with Crippen LogP contribution in [0.25, 0.3) is 88.1 Å². The number of aromatic nitrogens is 2. The molecule has 3 heterocycles. The molecule has 3 nitrogen and oxygen atoms in total. The molecule has 12 aromatic rings. The molecule has 1 aliphatic rings. The van der Waals surface area contributed by atoms with Gasteiger partial charge in [-0.1, -0.05) is 146 Å².